The lowest BCUT2D eigenvalue weighted by molar-refractivity contribution is 0.171. The fourth-order valence-corrected chi connectivity index (χ4v) is 2.76. The minimum Gasteiger partial charge on any atom is -0.486 e. The van der Waals surface area contributed by atoms with Crippen molar-refractivity contribution in [2.45, 2.75) is 19.5 Å². The molecule has 0 saturated heterocycles. The Hall–Kier alpha value is -3.02. The lowest BCUT2D eigenvalue weighted by Gasteiger charge is -2.18. The molecular weight excluding hydrogens is 316 g/mol. The van der Waals surface area contributed by atoms with Crippen molar-refractivity contribution < 1.29 is 9.47 Å². The number of pyridine rings is 1. The highest BCUT2D eigenvalue weighted by Crippen LogP contribution is 2.30. The van der Waals surface area contributed by atoms with E-state index in [1.54, 1.807) is 0 Å². The largest absolute Gasteiger partial charge is 0.486 e. The summed E-state index contributed by atoms with van der Waals surface area (Å²) in [5.41, 5.74) is 2.40. The van der Waals surface area contributed by atoms with Gasteiger partial charge in [-0.2, -0.15) is 5.10 Å². The number of fused-ring (bicyclic) bond motifs is 1. The molecule has 25 heavy (non-hydrogen) atoms. The van der Waals surface area contributed by atoms with Crippen LogP contribution in [-0.4, -0.2) is 28.0 Å². The van der Waals surface area contributed by atoms with Gasteiger partial charge in [-0.3, -0.25) is 9.67 Å². The van der Waals surface area contributed by atoms with Crippen LogP contribution in [0.25, 0.3) is 0 Å². The molecule has 0 atom stereocenters. The number of aromatic nitrogens is 3. The Balaban J connectivity index is 1.32. The maximum Gasteiger partial charge on any atom is 0.161 e. The van der Waals surface area contributed by atoms with Crippen molar-refractivity contribution in [3.05, 3.63) is 66.1 Å². The van der Waals surface area contributed by atoms with Gasteiger partial charge in [0.1, 0.15) is 19.0 Å². The van der Waals surface area contributed by atoms with Gasteiger partial charge in [-0.05, 0) is 41.8 Å². The highest BCUT2D eigenvalue weighted by atomic mass is 16.6. The fourth-order valence-electron chi connectivity index (χ4n) is 2.76. The SMILES string of the molecule is c1cc(CCn2ccc(NCc3ccc4c(c3)OCCO4)n2)ccn1. The molecule has 0 fully saturated rings. The predicted molar refractivity (Wildman–Crippen MR) is 94.9 cm³/mol. The van der Waals surface area contributed by atoms with Gasteiger partial charge in [-0.15, -0.1) is 0 Å². The second kappa shape index (κ2) is 7.25. The number of aryl methyl sites for hydroxylation is 2. The summed E-state index contributed by atoms with van der Waals surface area (Å²) in [5, 5.41) is 7.91. The molecule has 1 aromatic carbocycles. The molecule has 0 spiro atoms. The van der Waals surface area contributed by atoms with E-state index in [4.69, 9.17) is 9.47 Å². The van der Waals surface area contributed by atoms with Crippen LogP contribution in [-0.2, 0) is 19.5 Å². The van der Waals surface area contributed by atoms with E-state index >= 15 is 0 Å². The number of ether oxygens (including phenoxy) is 2. The third-order valence-electron chi connectivity index (χ3n) is 4.10. The van der Waals surface area contributed by atoms with Crippen LogP contribution in [0.1, 0.15) is 11.1 Å². The average Bonchev–Trinajstić information content (AvgIpc) is 3.13. The summed E-state index contributed by atoms with van der Waals surface area (Å²) in [7, 11) is 0. The Morgan fingerprint density at radius 2 is 1.80 bits per heavy atom. The molecule has 0 aliphatic carbocycles. The minimum absolute atomic E-state index is 0.603. The molecule has 2 aromatic heterocycles. The van der Waals surface area contributed by atoms with Crippen molar-refractivity contribution >= 4 is 5.82 Å². The summed E-state index contributed by atoms with van der Waals surface area (Å²) in [5.74, 6) is 2.49. The van der Waals surface area contributed by atoms with Crippen molar-refractivity contribution in [1.29, 1.82) is 0 Å². The van der Waals surface area contributed by atoms with Crippen LogP contribution < -0.4 is 14.8 Å². The third-order valence-corrected chi connectivity index (χ3v) is 4.10. The molecule has 6 nitrogen and oxygen atoms in total. The first kappa shape index (κ1) is 15.5. The van der Waals surface area contributed by atoms with E-state index < -0.39 is 0 Å². The van der Waals surface area contributed by atoms with Crippen LogP contribution in [0.5, 0.6) is 11.5 Å². The molecule has 0 radical (unpaired) electrons. The van der Waals surface area contributed by atoms with Crippen LogP contribution in [0, 0.1) is 0 Å². The van der Waals surface area contributed by atoms with Crippen LogP contribution in [0.3, 0.4) is 0 Å². The molecule has 4 rings (SSSR count). The van der Waals surface area contributed by atoms with Gasteiger partial charge >= 0.3 is 0 Å². The minimum atomic E-state index is 0.603. The Morgan fingerprint density at radius 3 is 2.68 bits per heavy atom. The van der Waals surface area contributed by atoms with Crippen molar-refractivity contribution in [2.75, 3.05) is 18.5 Å². The van der Waals surface area contributed by atoms with E-state index in [2.05, 4.69) is 15.4 Å². The number of hydrogen-bond donors (Lipinski definition) is 1. The van der Waals surface area contributed by atoms with E-state index in [1.807, 2.05) is 59.7 Å². The molecule has 6 heteroatoms. The Labute approximate surface area is 146 Å². The van der Waals surface area contributed by atoms with Gasteiger partial charge in [-0.1, -0.05) is 6.07 Å². The normalized spacial score (nSPS) is 12.8. The lowest BCUT2D eigenvalue weighted by Crippen LogP contribution is -2.15. The van der Waals surface area contributed by atoms with Crippen LogP contribution >= 0.6 is 0 Å². The topological polar surface area (TPSA) is 61.2 Å². The Morgan fingerprint density at radius 1 is 0.960 bits per heavy atom. The average molecular weight is 336 g/mol. The van der Waals surface area contributed by atoms with Crippen LogP contribution in [0.15, 0.2) is 55.0 Å². The van der Waals surface area contributed by atoms with Gasteiger partial charge in [0.2, 0.25) is 0 Å². The molecule has 0 amide bonds. The highest BCUT2D eigenvalue weighted by Gasteiger charge is 2.11. The van der Waals surface area contributed by atoms with E-state index in [9.17, 15) is 0 Å². The molecule has 1 aliphatic heterocycles. The van der Waals surface area contributed by atoms with Gasteiger partial charge < -0.3 is 14.8 Å². The van der Waals surface area contributed by atoms with Crippen molar-refractivity contribution in [3.8, 4) is 11.5 Å². The zero-order valence-corrected chi connectivity index (χ0v) is 13.9. The smallest absolute Gasteiger partial charge is 0.161 e. The summed E-state index contributed by atoms with van der Waals surface area (Å²) in [6.45, 7) is 2.75. The number of rotatable bonds is 6. The summed E-state index contributed by atoms with van der Waals surface area (Å²) in [6.07, 6.45) is 6.57. The van der Waals surface area contributed by atoms with E-state index in [0.29, 0.717) is 19.8 Å². The second-order valence-corrected chi connectivity index (χ2v) is 5.90. The molecule has 1 N–H and O–H groups in total. The first-order valence-electron chi connectivity index (χ1n) is 8.41. The third kappa shape index (κ3) is 3.91. The van der Waals surface area contributed by atoms with E-state index in [1.165, 1.54) is 5.56 Å². The number of benzene rings is 1. The van der Waals surface area contributed by atoms with Gasteiger partial charge in [-0.25, -0.2) is 0 Å². The summed E-state index contributed by atoms with van der Waals surface area (Å²) in [6, 6.07) is 12.1. The number of hydrogen-bond acceptors (Lipinski definition) is 5. The maximum atomic E-state index is 5.62. The second-order valence-electron chi connectivity index (χ2n) is 5.90. The summed E-state index contributed by atoms with van der Waals surface area (Å²) >= 11 is 0. The lowest BCUT2D eigenvalue weighted by atomic mass is 10.2. The molecule has 0 saturated carbocycles. The van der Waals surface area contributed by atoms with Gasteiger partial charge in [0.05, 0.1) is 0 Å². The van der Waals surface area contributed by atoms with Crippen LogP contribution in [0.4, 0.5) is 5.82 Å². The zero-order valence-electron chi connectivity index (χ0n) is 13.9. The first-order valence-corrected chi connectivity index (χ1v) is 8.41. The molecule has 0 bridgehead atoms. The number of nitrogens with one attached hydrogen (secondary N) is 1. The Kier molecular flexibility index (Phi) is 4.50. The monoisotopic (exact) mass is 336 g/mol. The molecule has 128 valence electrons. The molecule has 3 heterocycles. The van der Waals surface area contributed by atoms with Gasteiger partial charge in [0.25, 0.3) is 0 Å². The van der Waals surface area contributed by atoms with Gasteiger partial charge in [0, 0.05) is 37.7 Å². The number of nitrogens with zero attached hydrogens (tertiary/aromatic N) is 3. The standard InChI is InChI=1S/C19H20N4O2/c1-2-17-18(25-12-11-24-17)13-16(1)14-21-19-6-10-23(22-19)9-5-15-3-7-20-8-4-15/h1-4,6-8,10,13H,5,9,11-12,14H2,(H,21,22). The quantitative estimate of drug-likeness (QED) is 0.750. The summed E-state index contributed by atoms with van der Waals surface area (Å²) < 4.78 is 13.1. The first-order chi connectivity index (χ1) is 12.4. The van der Waals surface area contributed by atoms with Crippen molar-refractivity contribution in [2.24, 2.45) is 0 Å². The maximum absolute atomic E-state index is 5.62. The van der Waals surface area contributed by atoms with Crippen molar-refractivity contribution in [1.82, 2.24) is 14.8 Å². The number of anilines is 1. The molecule has 3 aromatic rings. The predicted octanol–water partition coefficient (Wildman–Crippen LogP) is 2.90. The van der Waals surface area contributed by atoms with Gasteiger partial charge in [0.15, 0.2) is 11.5 Å². The zero-order chi connectivity index (χ0) is 16.9. The van der Waals surface area contributed by atoms with E-state index in [0.717, 1.165) is 35.8 Å². The highest BCUT2D eigenvalue weighted by molar-refractivity contribution is 5.45. The van der Waals surface area contributed by atoms with E-state index in [-0.39, 0.29) is 0 Å². The Bertz CT molecular complexity index is 832. The summed E-state index contributed by atoms with van der Waals surface area (Å²) in [4.78, 5) is 4.04. The van der Waals surface area contributed by atoms with Crippen LogP contribution in [0.2, 0.25) is 0 Å². The molecule has 1 aliphatic rings. The molecular formula is C19H20N4O2. The molecule has 0 unspecified atom stereocenters. The van der Waals surface area contributed by atoms with Crippen molar-refractivity contribution in [3.63, 3.8) is 0 Å². The fraction of sp³-hybridized carbons (Fsp3) is 0.263.